The van der Waals surface area contributed by atoms with Crippen molar-refractivity contribution in [2.75, 3.05) is 6.61 Å². The molecule has 0 rings (SSSR count). The molecule has 0 aliphatic heterocycles. The van der Waals surface area contributed by atoms with Gasteiger partial charge in [-0.1, -0.05) is 33.6 Å². The van der Waals surface area contributed by atoms with Crippen LogP contribution in [0.2, 0.25) is 0 Å². The molecule has 0 saturated carbocycles. The van der Waals surface area contributed by atoms with Crippen LogP contribution in [0.4, 0.5) is 0 Å². The van der Waals surface area contributed by atoms with Gasteiger partial charge < -0.3 is 4.74 Å². The maximum Gasteiger partial charge on any atom is 0.417 e. The Morgan fingerprint density at radius 2 is 1.83 bits per heavy atom. The Labute approximate surface area is 75.3 Å². The van der Waals surface area contributed by atoms with Crippen LogP contribution in [0.5, 0.6) is 0 Å². The van der Waals surface area contributed by atoms with E-state index in [4.69, 9.17) is 0 Å². The van der Waals surface area contributed by atoms with Gasteiger partial charge in [-0.25, -0.2) is 4.79 Å². The first-order valence-corrected chi connectivity index (χ1v) is 4.69. The first-order valence-electron chi connectivity index (χ1n) is 4.69. The first-order chi connectivity index (χ1) is 5.70. The van der Waals surface area contributed by atoms with E-state index in [2.05, 4.69) is 25.5 Å². The van der Waals surface area contributed by atoms with Crippen molar-refractivity contribution in [3.63, 3.8) is 0 Å². The zero-order valence-electron chi connectivity index (χ0n) is 8.30. The van der Waals surface area contributed by atoms with Gasteiger partial charge in [-0.2, -0.15) is 0 Å². The Kier molecular flexibility index (Phi) is 6.82. The van der Waals surface area contributed by atoms with E-state index in [1.54, 1.807) is 0 Å². The zero-order valence-corrected chi connectivity index (χ0v) is 8.30. The summed E-state index contributed by atoms with van der Waals surface area (Å²) < 4.78 is 4.56. The van der Waals surface area contributed by atoms with Gasteiger partial charge >= 0.3 is 6.47 Å². The average Bonchev–Trinajstić information content (AvgIpc) is 2.10. The highest BCUT2D eigenvalue weighted by atomic mass is 16.5. The third-order valence-electron chi connectivity index (χ3n) is 2.28. The molecule has 0 saturated heterocycles. The van der Waals surface area contributed by atoms with E-state index in [9.17, 15) is 4.79 Å². The molecule has 12 heavy (non-hydrogen) atoms. The monoisotopic (exact) mass is 171 g/mol. The third-order valence-corrected chi connectivity index (χ3v) is 2.28. The van der Waals surface area contributed by atoms with Crippen LogP contribution in [0, 0.1) is 11.8 Å². The molecule has 1 radical (unpaired) electrons. The molecule has 2 nitrogen and oxygen atoms in total. The lowest BCUT2D eigenvalue weighted by Gasteiger charge is -2.12. The molecular formula is C10H19O2. The molecular weight excluding hydrogens is 152 g/mol. The number of ether oxygens (including phenoxy) is 1. The van der Waals surface area contributed by atoms with Crippen LogP contribution in [-0.2, 0) is 9.53 Å². The summed E-state index contributed by atoms with van der Waals surface area (Å²) in [7, 11) is 0. The molecule has 0 aromatic heterocycles. The predicted molar refractivity (Wildman–Crippen MR) is 49.5 cm³/mol. The molecule has 2 heteroatoms. The fraction of sp³-hybridized carbons (Fsp3) is 0.900. The fourth-order valence-corrected chi connectivity index (χ4v) is 1.03. The van der Waals surface area contributed by atoms with Crippen molar-refractivity contribution in [2.24, 2.45) is 11.8 Å². The van der Waals surface area contributed by atoms with Crippen molar-refractivity contribution in [3.8, 4) is 0 Å². The standard InChI is InChI=1S/C10H19O2/c1-4-9(2)5-6-10(3)7-12-8-11/h9-10H,4-7H2,1-3H3. The zero-order chi connectivity index (χ0) is 9.40. The van der Waals surface area contributed by atoms with Crippen molar-refractivity contribution in [3.05, 3.63) is 0 Å². The minimum Gasteiger partial charge on any atom is -0.457 e. The summed E-state index contributed by atoms with van der Waals surface area (Å²) in [5, 5.41) is 0. The summed E-state index contributed by atoms with van der Waals surface area (Å²) in [4.78, 5) is 9.76. The lowest BCUT2D eigenvalue weighted by atomic mass is 9.97. The third kappa shape index (κ3) is 6.20. The Hall–Kier alpha value is -0.530. The van der Waals surface area contributed by atoms with Crippen LogP contribution in [0.3, 0.4) is 0 Å². The quantitative estimate of drug-likeness (QED) is 0.588. The van der Waals surface area contributed by atoms with Crippen LogP contribution >= 0.6 is 0 Å². The fourth-order valence-electron chi connectivity index (χ4n) is 1.03. The van der Waals surface area contributed by atoms with E-state index < -0.39 is 0 Å². The highest BCUT2D eigenvalue weighted by molar-refractivity contribution is 5.38. The van der Waals surface area contributed by atoms with E-state index in [-0.39, 0.29) is 0 Å². The number of hydrogen-bond acceptors (Lipinski definition) is 2. The Morgan fingerprint density at radius 3 is 2.33 bits per heavy atom. The highest BCUT2D eigenvalue weighted by Crippen LogP contribution is 2.14. The summed E-state index contributed by atoms with van der Waals surface area (Å²) in [6, 6.07) is 0. The van der Waals surface area contributed by atoms with Crippen molar-refractivity contribution in [2.45, 2.75) is 40.0 Å². The Morgan fingerprint density at radius 1 is 1.25 bits per heavy atom. The molecule has 2 unspecified atom stereocenters. The van der Waals surface area contributed by atoms with Gasteiger partial charge in [0.1, 0.15) is 0 Å². The van der Waals surface area contributed by atoms with Crippen molar-refractivity contribution < 1.29 is 9.53 Å². The van der Waals surface area contributed by atoms with Gasteiger partial charge in [0, 0.05) is 0 Å². The van der Waals surface area contributed by atoms with Gasteiger partial charge in [-0.05, 0) is 18.3 Å². The summed E-state index contributed by atoms with van der Waals surface area (Å²) >= 11 is 0. The Bertz CT molecular complexity index is 112. The molecule has 0 aliphatic carbocycles. The molecule has 0 amide bonds. The average molecular weight is 171 g/mol. The van der Waals surface area contributed by atoms with Gasteiger partial charge in [-0.15, -0.1) is 0 Å². The van der Waals surface area contributed by atoms with Crippen LogP contribution < -0.4 is 0 Å². The van der Waals surface area contributed by atoms with Crippen molar-refractivity contribution >= 4 is 6.47 Å². The Balaban J connectivity index is 3.29. The normalized spacial score (nSPS) is 15.2. The lowest BCUT2D eigenvalue weighted by molar-refractivity contribution is 0.219. The van der Waals surface area contributed by atoms with Gasteiger partial charge in [0.05, 0.1) is 6.61 Å². The van der Waals surface area contributed by atoms with Crippen molar-refractivity contribution in [1.82, 2.24) is 0 Å². The second-order valence-electron chi connectivity index (χ2n) is 3.59. The van der Waals surface area contributed by atoms with Gasteiger partial charge in [-0.3, -0.25) is 0 Å². The topological polar surface area (TPSA) is 26.3 Å². The summed E-state index contributed by atoms with van der Waals surface area (Å²) in [5.74, 6) is 1.26. The molecule has 2 atom stereocenters. The van der Waals surface area contributed by atoms with Gasteiger partial charge in [0.15, 0.2) is 0 Å². The van der Waals surface area contributed by atoms with E-state index in [0.717, 1.165) is 12.3 Å². The second kappa shape index (κ2) is 7.14. The summed E-state index contributed by atoms with van der Waals surface area (Å²) in [5.41, 5.74) is 0. The van der Waals surface area contributed by atoms with Crippen LogP contribution in [0.15, 0.2) is 0 Å². The molecule has 0 fully saturated rings. The smallest absolute Gasteiger partial charge is 0.417 e. The lowest BCUT2D eigenvalue weighted by Crippen LogP contribution is -2.06. The maximum atomic E-state index is 9.76. The summed E-state index contributed by atoms with van der Waals surface area (Å²) in [6.45, 7) is 8.51. The largest absolute Gasteiger partial charge is 0.457 e. The highest BCUT2D eigenvalue weighted by Gasteiger charge is 2.05. The molecule has 0 aromatic rings. The van der Waals surface area contributed by atoms with Crippen LogP contribution in [0.1, 0.15) is 40.0 Å². The molecule has 0 N–H and O–H groups in total. The van der Waals surface area contributed by atoms with Crippen molar-refractivity contribution in [1.29, 1.82) is 0 Å². The van der Waals surface area contributed by atoms with Gasteiger partial charge in [0.25, 0.3) is 0 Å². The molecule has 0 bridgehead atoms. The number of carbonyl (C=O) groups excluding carboxylic acids is 1. The predicted octanol–water partition coefficient (Wildman–Crippen LogP) is 2.53. The summed E-state index contributed by atoms with van der Waals surface area (Å²) in [6.07, 6.45) is 3.59. The molecule has 71 valence electrons. The van der Waals surface area contributed by atoms with E-state index in [0.29, 0.717) is 12.5 Å². The minimum absolute atomic E-state index is 0.473. The van der Waals surface area contributed by atoms with E-state index in [1.165, 1.54) is 19.3 Å². The molecule has 0 aliphatic rings. The number of hydrogen-bond donors (Lipinski definition) is 0. The SMILES string of the molecule is CCC(C)CCC(C)CO[C]=O. The van der Waals surface area contributed by atoms with Gasteiger partial charge in [0.2, 0.25) is 0 Å². The molecule has 0 aromatic carbocycles. The number of rotatable bonds is 7. The first kappa shape index (κ1) is 11.5. The van der Waals surface area contributed by atoms with Crippen LogP contribution in [0.25, 0.3) is 0 Å². The van der Waals surface area contributed by atoms with E-state index in [1.807, 2.05) is 0 Å². The second-order valence-corrected chi connectivity index (χ2v) is 3.59. The van der Waals surface area contributed by atoms with E-state index >= 15 is 0 Å². The van der Waals surface area contributed by atoms with Crippen LogP contribution in [-0.4, -0.2) is 13.1 Å². The molecule has 0 heterocycles. The maximum absolute atomic E-state index is 9.76. The molecule has 0 spiro atoms. The minimum atomic E-state index is 0.473.